The van der Waals surface area contributed by atoms with Crippen molar-refractivity contribution in [3.05, 3.63) is 52.8 Å². The third-order valence-corrected chi connectivity index (χ3v) is 3.56. The molecule has 0 bridgehead atoms. The lowest BCUT2D eigenvalue weighted by atomic mass is 10.1. The molecular weight excluding hydrogens is 254 g/mol. The average molecular weight is 271 g/mol. The Balaban J connectivity index is 1.75. The van der Waals surface area contributed by atoms with Crippen LogP contribution in [-0.2, 0) is 17.8 Å². The fourth-order valence-corrected chi connectivity index (χ4v) is 2.39. The lowest BCUT2D eigenvalue weighted by Gasteiger charge is -2.15. The number of hydrogen-bond acceptors (Lipinski definition) is 3. The van der Waals surface area contributed by atoms with Crippen molar-refractivity contribution >= 4 is 5.91 Å². The molecule has 104 valence electrons. The van der Waals surface area contributed by atoms with E-state index in [4.69, 9.17) is 4.74 Å². The fourth-order valence-electron chi connectivity index (χ4n) is 2.39. The maximum absolute atomic E-state index is 12.3. The molecule has 0 radical (unpaired) electrons. The van der Waals surface area contributed by atoms with Gasteiger partial charge in [-0.25, -0.2) is 0 Å². The number of carbonyl (C=O) groups excluding carboxylic acids is 1. The van der Waals surface area contributed by atoms with Gasteiger partial charge in [-0.15, -0.1) is 0 Å². The van der Waals surface area contributed by atoms with E-state index in [9.17, 15) is 4.79 Å². The normalized spacial score (nSPS) is 15.4. The highest BCUT2D eigenvalue weighted by molar-refractivity contribution is 5.94. The van der Waals surface area contributed by atoms with Gasteiger partial charge in [-0.3, -0.25) is 9.89 Å². The van der Waals surface area contributed by atoms with Crippen LogP contribution in [0.25, 0.3) is 0 Å². The zero-order chi connectivity index (χ0) is 13.9. The van der Waals surface area contributed by atoms with E-state index >= 15 is 0 Å². The highest BCUT2D eigenvalue weighted by Gasteiger charge is 2.23. The van der Waals surface area contributed by atoms with Crippen LogP contribution in [0.15, 0.2) is 30.3 Å². The number of hydrogen-bond donors (Lipinski definition) is 2. The minimum Gasteiger partial charge on any atom is -0.376 e. The number of nitrogens with one attached hydrogen (secondary N) is 2. The molecule has 0 unspecified atom stereocenters. The van der Waals surface area contributed by atoms with Gasteiger partial charge in [0.15, 0.2) is 5.69 Å². The summed E-state index contributed by atoms with van der Waals surface area (Å²) in [5.41, 5.74) is 3.41. The minimum absolute atomic E-state index is 0.0550. The molecule has 0 fully saturated rings. The summed E-state index contributed by atoms with van der Waals surface area (Å²) in [6.07, 6.45) is 0.782. The first-order chi connectivity index (χ1) is 9.75. The molecule has 0 saturated carbocycles. The van der Waals surface area contributed by atoms with Gasteiger partial charge >= 0.3 is 0 Å². The summed E-state index contributed by atoms with van der Waals surface area (Å²) in [6.45, 7) is 3.09. The average Bonchev–Trinajstić information content (AvgIpc) is 2.92. The number of nitrogens with zero attached hydrogens (tertiary/aromatic N) is 1. The van der Waals surface area contributed by atoms with E-state index in [1.807, 2.05) is 37.3 Å². The summed E-state index contributed by atoms with van der Waals surface area (Å²) in [6, 6.07) is 9.81. The fraction of sp³-hybridized carbons (Fsp3) is 0.333. The van der Waals surface area contributed by atoms with Gasteiger partial charge in [-0.05, 0) is 12.5 Å². The highest BCUT2D eigenvalue weighted by atomic mass is 16.5. The van der Waals surface area contributed by atoms with Crippen molar-refractivity contribution in [2.45, 2.75) is 26.0 Å². The topological polar surface area (TPSA) is 67.0 Å². The molecule has 2 aromatic rings. The summed E-state index contributed by atoms with van der Waals surface area (Å²) in [5.74, 6) is -0.163. The van der Waals surface area contributed by atoms with Crippen molar-refractivity contribution in [1.82, 2.24) is 15.5 Å². The van der Waals surface area contributed by atoms with E-state index in [1.165, 1.54) is 0 Å². The van der Waals surface area contributed by atoms with Crippen LogP contribution in [-0.4, -0.2) is 22.7 Å². The molecule has 3 rings (SSSR count). The van der Waals surface area contributed by atoms with E-state index in [-0.39, 0.29) is 11.9 Å². The molecule has 1 amide bonds. The molecule has 0 saturated heterocycles. The largest absolute Gasteiger partial charge is 0.376 e. The lowest BCUT2D eigenvalue weighted by molar-refractivity contribution is 0.0912. The van der Waals surface area contributed by atoms with Crippen LogP contribution in [0.3, 0.4) is 0 Å². The smallest absolute Gasteiger partial charge is 0.272 e. The number of aromatic nitrogens is 2. The van der Waals surface area contributed by atoms with Crippen LogP contribution in [0.1, 0.15) is 40.3 Å². The van der Waals surface area contributed by atoms with Crippen molar-refractivity contribution < 1.29 is 9.53 Å². The number of carbonyl (C=O) groups is 1. The van der Waals surface area contributed by atoms with Gasteiger partial charge in [0.1, 0.15) is 0 Å². The third kappa shape index (κ3) is 2.44. The Morgan fingerprint density at radius 3 is 3.00 bits per heavy atom. The van der Waals surface area contributed by atoms with Crippen LogP contribution in [0.4, 0.5) is 0 Å². The first-order valence-corrected chi connectivity index (χ1v) is 6.75. The van der Waals surface area contributed by atoms with Gasteiger partial charge in [0.2, 0.25) is 0 Å². The number of amides is 1. The molecule has 20 heavy (non-hydrogen) atoms. The van der Waals surface area contributed by atoms with Gasteiger partial charge in [0, 0.05) is 17.7 Å². The van der Waals surface area contributed by atoms with Crippen LogP contribution in [0, 0.1) is 0 Å². The number of H-pyrrole nitrogens is 1. The summed E-state index contributed by atoms with van der Waals surface area (Å²) < 4.78 is 5.39. The van der Waals surface area contributed by atoms with Gasteiger partial charge in [-0.1, -0.05) is 30.3 Å². The van der Waals surface area contributed by atoms with Gasteiger partial charge in [-0.2, -0.15) is 5.10 Å². The van der Waals surface area contributed by atoms with Gasteiger partial charge in [0.05, 0.1) is 19.3 Å². The van der Waals surface area contributed by atoms with Crippen LogP contribution in [0.5, 0.6) is 0 Å². The molecule has 0 spiro atoms. The second-order valence-corrected chi connectivity index (χ2v) is 4.94. The van der Waals surface area contributed by atoms with Crippen LogP contribution >= 0.6 is 0 Å². The first-order valence-electron chi connectivity index (χ1n) is 6.75. The summed E-state index contributed by atoms with van der Waals surface area (Å²) in [4.78, 5) is 12.3. The van der Waals surface area contributed by atoms with Crippen molar-refractivity contribution in [1.29, 1.82) is 0 Å². The Labute approximate surface area is 117 Å². The molecule has 1 aliphatic rings. The van der Waals surface area contributed by atoms with Crippen molar-refractivity contribution in [2.75, 3.05) is 6.61 Å². The first kappa shape index (κ1) is 12.9. The molecular formula is C15H17N3O2. The van der Waals surface area contributed by atoms with Crippen molar-refractivity contribution in [3.8, 4) is 0 Å². The zero-order valence-corrected chi connectivity index (χ0v) is 11.3. The van der Waals surface area contributed by atoms with Crippen LogP contribution < -0.4 is 5.32 Å². The molecule has 1 aromatic heterocycles. The van der Waals surface area contributed by atoms with E-state index in [2.05, 4.69) is 15.5 Å². The Morgan fingerprint density at radius 2 is 2.20 bits per heavy atom. The van der Waals surface area contributed by atoms with E-state index in [1.54, 1.807) is 0 Å². The van der Waals surface area contributed by atoms with Crippen LogP contribution in [0.2, 0.25) is 0 Å². The van der Waals surface area contributed by atoms with Crippen molar-refractivity contribution in [2.24, 2.45) is 0 Å². The summed E-state index contributed by atoms with van der Waals surface area (Å²) in [5, 5.41) is 10.0. The van der Waals surface area contributed by atoms with E-state index in [0.717, 1.165) is 23.2 Å². The summed E-state index contributed by atoms with van der Waals surface area (Å²) >= 11 is 0. The predicted octanol–water partition coefficient (Wildman–Crippen LogP) is 1.97. The Morgan fingerprint density at radius 1 is 1.40 bits per heavy atom. The van der Waals surface area contributed by atoms with Crippen molar-refractivity contribution in [3.63, 3.8) is 0 Å². The number of ether oxygens (including phenoxy) is 1. The molecule has 0 aliphatic carbocycles. The zero-order valence-electron chi connectivity index (χ0n) is 11.3. The molecule has 5 nitrogen and oxygen atoms in total. The maximum Gasteiger partial charge on any atom is 0.272 e. The molecule has 1 aromatic carbocycles. The maximum atomic E-state index is 12.3. The van der Waals surface area contributed by atoms with Gasteiger partial charge in [0.25, 0.3) is 5.91 Å². The SMILES string of the molecule is C[C@@H](NC(=O)c1n[nH]c2c1COCC2)c1ccccc1. The third-order valence-electron chi connectivity index (χ3n) is 3.56. The highest BCUT2D eigenvalue weighted by Crippen LogP contribution is 2.19. The molecule has 1 atom stereocenters. The molecule has 5 heteroatoms. The van der Waals surface area contributed by atoms with E-state index in [0.29, 0.717) is 18.9 Å². The Bertz CT molecular complexity index is 607. The Kier molecular flexibility index (Phi) is 3.52. The molecule has 1 aliphatic heterocycles. The quantitative estimate of drug-likeness (QED) is 0.897. The predicted molar refractivity (Wildman–Crippen MR) is 74.3 cm³/mol. The number of rotatable bonds is 3. The number of fused-ring (bicyclic) bond motifs is 1. The number of aromatic amines is 1. The lowest BCUT2D eigenvalue weighted by Crippen LogP contribution is -2.28. The number of benzene rings is 1. The Hall–Kier alpha value is -2.14. The minimum atomic E-state index is -0.163. The standard InChI is InChI=1S/C15H17N3O2/c1-10(11-5-3-2-4-6-11)16-15(19)14-12-9-20-8-7-13(12)17-18-14/h2-6,10H,7-9H2,1H3,(H,16,19)(H,17,18)/t10-/m1/s1. The molecule has 2 N–H and O–H groups in total. The summed E-state index contributed by atoms with van der Waals surface area (Å²) in [7, 11) is 0. The second kappa shape index (κ2) is 5.46. The molecule has 2 heterocycles. The monoisotopic (exact) mass is 271 g/mol. The second-order valence-electron chi connectivity index (χ2n) is 4.94. The van der Waals surface area contributed by atoms with E-state index < -0.39 is 0 Å². The van der Waals surface area contributed by atoms with Gasteiger partial charge < -0.3 is 10.1 Å².